The molecule has 0 radical (unpaired) electrons. The second kappa shape index (κ2) is 11.5. The molecule has 226 valence electrons. The molecule has 1 fully saturated rings. The summed E-state index contributed by atoms with van der Waals surface area (Å²) in [6.07, 6.45) is 13.3. The minimum Gasteiger partial charge on any atom is -0.490 e. The lowest BCUT2D eigenvalue weighted by Gasteiger charge is -2.53. The largest absolute Gasteiger partial charge is 0.490 e. The van der Waals surface area contributed by atoms with Gasteiger partial charge in [0.15, 0.2) is 5.60 Å². The number of ether oxygens (including phenoxy) is 2. The lowest BCUT2D eigenvalue weighted by Crippen LogP contribution is -2.54. The summed E-state index contributed by atoms with van der Waals surface area (Å²) < 4.78 is 12.7. The molecule has 1 unspecified atom stereocenters. The van der Waals surface area contributed by atoms with Gasteiger partial charge in [0.25, 0.3) is 0 Å². The Bertz CT molecular complexity index is 1360. The maximum absolute atomic E-state index is 12.5. The van der Waals surface area contributed by atoms with Crippen molar-refractivity contribution in [3.8, 4) is 5.75 Å². The second-order valence-electron chi connectivity index (χ2n) is 13.5. The molecule has 7 heteroatoms. The van der Waals surface area contributed by atoms with E-state index in [0.717, 1.165) is 80.9 Å². The summed E-state index contributed by atoms with van der Waals surface area (Å²) in [5.41, 5.74) is 1.71. The first-order valence-electron chi connectivity index (χ1n) is 15.6. The number of anilines is 1. The molecule has 1 saturated carbocycles. The number of rotatable bonds is 2. The second-order valence-corrected chi connectivity index (χ2v) is 13.9. The Hall–Kier alpha value is -2.54. The van der Waals surface area contributed by atoms with E-state index in [2.05, 4.69) is 36.1 Å². The number of benzene rings is 2. The number of aliphatic hydroxyl groups is 1. The van der Waals surface area contributed by atoms with Gasteiger partial charge >= 0.3 is 5.97 Å². The van der Waals surface area contributed by atoms with Gasteiger partial charge in [0.05, 0.1) is 18.4 Å². The van der Waals surface area contributed by atoms with Gasteiger partial charge in [0, 0.05) is 30.6 Å². The van der Waals surface area contributed by atoms with Crippen molar-refractivity contribution in [1.29, 1.82) is 0 Å². The van der Waals surface area contributed by atoms with E-state index in [1.165, 1.54) is 11.1 Å². The fraction of sp³-hybridized carbons (Fsp3) is 0.571. The molecule has 5 atom stereocenters. The van der Waals surface area contributed by atoms with Crippen LogP contribution in [-0.4, -0.2) is 49.1 Å². The van der Waals surface area contributed by atoms with Crippen LogP contribution in [0.1, 0.15) is 81.4 Å². The average Bonchev–Trinajstić information content (AvgIpc) is 3.11. The highest BCUT2D eigenvalue weighted by molar-refractivity contribution is 6.30. The maximum atomic E-state index is 12.5. The Balaban J connectivity index is 1.47. The quantitative estimate of drug-likeness (QED) is 0.364. The molecule has 42 heavy (non-hydrogen) atoms. The minimum atomic E-state index is -1.95. The van der Waals surface area contributed by atoms with Gasteiger partial charge in [0.1, 0.15) is 5.75 Å². The van der Waals surface area contributed by atoms with E-state index in [0.29, 0.717) is 24.5 Å². The predicted molar refractivity (Wildman–Crippen MR) is 166 cm³/mol. The smallest absolute Gasteiger partial charge is 0.340 e. The molecule has 2 aromatic carbocycles. The van der Waals surface area contributed by atoms with Crippen molar-refractivity contribution in [3.63, 3.8) is 0 Å². The van der Waals surface area contributed by atoms with Crippen molar-refractivity contribution in [1.82, 2.24) is 0 Å². The standard InChI is InChI=1S/C35H44ClNO5/c1-33-18-15-28(33)30(41-2)10-6-4-3-5-7-17-35(40,32(38)39)25-11-14-31-29(20-25)37(21-33)22-34(23-42-31)16-8-9-24-19-26(36)12-13-27(24)34/h6,10-14,19-20,28,30,40H,3-5,7-9,15-18,21-23H2,1-2H3,(H,38,39)/b10-6+/t28-,30-,33?,34-,35-/m0/s1. The Morgan fingerprint density at radius 1 is 1.07 bits per heavy atom. The Labute approximate surface area is 254 Å². The molecule has 2 heterocycles. The van der Waals surface area contributed by atoms with E-state index < -0.39 is 11.6 Å². The van der Waals surface area contributed by atoms with Crippen molar-refractivity contribution in [2.24, 2.45) is 11.3 Å². The fourth-order valence-corrected chi connectivity index (χ4v) is 8.34. The molecule has 2 aliphatic carbocycles. The number of fused-ring (bicyclic) bond motifs is 4. The first kappa shape index (κ1) is 29.5. The van der Waals surface area contributed by atoms with Gasteiger partial charge in [-0.15, -0.1) is 0 Å². The van der Waals surface area contributed by atoms with E-state index in [1.54, 1.807) is 6.07 Å². The molecule has 0 amide bonds. The summed E-state index contributed by atoms with van der Waals surface area (Å²) in [6.45, 7) is 4.45. The summed E-state index contributed by atoms with van der Waals surface area (Å²) in [5, 5.41) is 22.6. The maximum Gasteiger partial charge on any atom is 0.340 e. The third-order valence-electron chi connectivity index (χ3n) is 10.7. The number of carboxylic acid groups (broad SMARTS) is 1. The van der Waals surface area contributed by atoms with Crippen molar-refractivity contribution in [2.75, 3.05) is 31.7 Å². The Morgan fingerprint density at radius 2 is 1.93 bits per heavy atom. The number of nitrogens with zero attached hydrogens (tertiary/aromatic N) is 1. The molecule has 2 bridgehead atoms. The molecule has 1 spiro atoms. The van der Waals surface area contributed by atoms with Crippen molar-refractivity contribution < 1.29 is 24.5 Å². The van der Waals surface area contributed by atoms with E-state index in [4.69, 9.17) is 21.1 Å². The summed E-state index contributed by atoms with van der Waals surface area (Å²) >= 11 is 6.43. The first-order chi connectivity index (χ1) is 20.2. The number of allylic oxidation sites excluding steroid dienone is 1. The average molecular weight is 594 g/mol. The van der Waals surface area contributed by atoms with Crippen LogP contribution in [0.25, 0.3) is 0 Å². The molecular weight excluding hydrogens is 550 g/mol. The van der Waals surface area contributed by atoms with Crippen LogP contribution in [-0.2, 0) is 27.0 Å². The summed E-state index contributed by atoms with van der Waals surface area (Å²) in [5.74, 6) is -0.0758. The molecule has 4 aliphatic rings. The van der Waals surface area contributed by atoms with Crippen LogP contribution >= 0.6 is 11.6 Å². The molecule has 6 rings (SSSR count). The summed E-state index contributed by atoms with van der Waals surface area (Å²) in [7, 11) is 1.82. The van der Waals surface area contributed by atoms with Crippen LogP contribution in [0.15, 0.2) is 48.6 Å². The number of aliphatic carboxylic acids is 1. The molecule has 2 aromatic rings. The molecule has 0 aromatic heterocycles. The Kier molecular flexibility index (Phi) is 8.10. The predicted octanol–water partition coefficient (Wildman–Crippen LogP) is 7.04. The topological polar surface area (TPSA) is 79.2 Å². The number of hydrogen-bond acceptors (Lipinski definition) is 5. The van der Waals surface area contributed by atoms with Gasteiger partial charge in [-0.2, -0.15) is 0 Å². The highest BCUT2D eigenvalue weighted by Gasteiger charge is 2.50. The zero-order valence-electron chi connectivity index (χ0n) is 24.9. The number of carbonyl (C=O) groups is 1. The number of aryl methyl sites for hydroxylation is 1. The number of hydrogen-bond donors (Lipinski definition) is 2. The zero-order chi connectivity index (χ0) is 29.5. The van der Waals surface area contributed by atoms with E-state index in [1.807, 2.05) is 25.3 Å². The van der Waals surface area contributed by atoms with E-state index in [9.17, 15) is 15.0 Å². The van der Waals surface area contributed by atoms with E-state index in [-0.39, 0.29) is 23.4 Å². The third-order valence-corrected chi connectivity index (χ3v) is 11.0. The highest BCUT2D eigenvalue weighted by Crippen LogP contribution is 2.53. The molecule has 2 aliphatic heterocycles. The Morgan fingerprint density at radius 3 is 2.69 bits per heavy atom. The molecule has 2 N–H and O–H groups in total. The van der Waals surface area contributed by atoms with Crippen LogP contribution in [0.3, 0.4) is 0 Å². The minimum absolute atomic E-state index is 0.00147. The highest BCUT2D eigenvalue weighted by atomic mass is 35.5. The zero-order valence-corrected chi connectivity index (χ0v) is 25.7. The lowest BCUT2D eigenvalue weighted by atomic mass is 9.58. The summed E-state index contributed by atoms with van der Waals surface area (Å²) in [6, 6.07) is 11.8. The number of halogens is 1. The van der Waals surface area contributed by atoms with Crippen LogP contribution in [0.4, 0.5) is 5.69 Å². The van der Waals surface area contributed by atoms with Crippen LogP contribution < -0.4 is 9.64 Å². The van der Waals surface area contributed by atoms with Crippen LogP contribution in [0.2, 0.25) is 5.02 Å². The van der Waals surface area contributed by atoms with Gasteiger partial charge in [-0.05, 0) is 110 Å². The normalized spacial score (nSPS) is 33.9. The van der Waals surface area contributed by atoms with Crippen molar-refractivity contribution >= 4 is 23.3 Å². The van der Waals surface area contributed by atoms with Gasteiger partial charge in [-0.25, -0.2) is 4.79 Å². The molecule has 6 nitrogen and oxygen atoms in total. The van der Waals surface area contributed by atoms with Gasteiger partial charge < -0.3 is 24.6 Å². The molecule has 0 saturated heterocycles. The number of methoxy groups -OCH3 is 1. The summed E-state index contributed by atoms with van der Waals surface area (Å²) in [4.78, 5) is 15.0. The van der Waals surface area contributed by atoms with Gasteiger partial charge in [0.2, 0.25) is 0 Å². The third kappa shape index (κ3) is 5.24. The van der Waals surface area contributed by atoms with Crippen LogP contribution in [0.5, 0.6) is 5.75 Å². The lowest BCUT2D eigenvalue weighted by molar-refractivity contribution is -0.160. The first-order valence-corrected chi connectivity index (χ1v) is 16.0. The van der Waals surface area contributed by atoms with Gasteiger partial charge in [-0.3, -0.25) is 0 Å². The van der Waals surface area contributed by atoms with Crippen LogP contribution in [0, 0.1) is 11.3 Å². The SMILES string of the molecule is CO[C@H]1/C=C/CCCCC[C@@](O)(C(=O)O)c2ccc3c(c2)N(CC2(C)CC[C@@H]12)C[C@@]1(CCCc2cc(Cl)ccc21)CO3. The molecular formula is C35H44ClNO5. The number of carboxylic acids is 1. The van der Waals surface area contributed by atoms with Gasteiger partial charge in [-0.1, -0.05) is 49.2 Å². The van der Waals surface area contributed by atoms with Crippen molar-refractivity contribution in [3.05, 3.63) is 70.3 Å². The fourth-order valence-electron chi connectivity index (χ4n) is 8.15. The van der Waals surface area contributed by atoms with E-state index >= 15 is 0 Å². The van der Waals surface area contributed by atoms with Crippen molar-refractivity contribution in [2.45, 2.75) is 88.3 Å². The monoisotopic (exact) mass is 593 g/mol.